The second-order valence-corrected chi connectivity index (χ2v) is 4.69. The van der Waals surface area contributed by atoms with E-state index in [-0.39, 0.29) is 0 Å². The van der Waals surface area contributed by atoms with Gasteiger partial charge >= 0.3 is 0 Å². The number of halogens is 2. The first-order chi connectivity index (χ1) is 7.13. The van der Waals surface area contributed by atoms with Gasteiger partial charge < -0.3 is 5.32 Å². The molecule has 0 heterocycles. The lowest BCUT2D eigenvalue weighted by Gasteiger charge is -2.10. The van der Waals surface area contributed by atoms with Gasteiger partial charge in [-0.15, -0.1) is 11.6 Å². The molecule has 0 aliphatic heterocycles. The number of rotatable bonds is 5. The molecule has 0 aliphatic rings. The van der Waals surface area contributed by atoms with Crippen molar-refractivity contribution in [2.45, 2.75) is 20.4 Å². The number of alkyl halides is 1. The fourth-order valence-electron chi connectivity index (χ4n) is 1.33. The molecule has 1 unspecified atom stereocenters. The summed E-state index contributed by atoms with van der Waals surface area (Å²) >= 11 is 11.7. The minimum atomic E-state index is 0.514. The topological polar surface area (TPSA) is 12.0 Å². The zero-order valence-corrected chi connectivity index (χ0v) is 10.7. The monoisotopic (exact) mass is 245 g/mol. The van der Waals surface area contributed by atoms with Crippen molar-refractivity contribution in [1.29, 1.82) is 0 Å². The molecular formula is C12H17Cl2N. The third-order valence-electron chi connectivity index (χ3n) is 2.31. The fraction of sp³-hybridized carbons (Fsp3) is 0.500. The molecule has 0 aromatic heterocycles. The number of aryl methyl sites for hydroxylation is 1. The molecule has 15 heavy (non-hydrogen) atoms. The minimum absolute atomic E-state index is 0.514. The Labute approximate surface area is 102 Å². The van der Waals surface area contributed by atoms with Gasteiger partial charge in [0, 0.05) is 17.4 Å². The molecule has 0 bridgehead atoms. The maximum atomic E-state index is 5.95. The molecule has 1 N–H and O–H groups in total. The highest BCUT2D eigenvalue weighted by atomic mass is 35.5. The van der Waals surface area contributed by atoms with Gasteiger partial charge in [0.2, 0.25) is 0 Å². The Morgan fingerprint density at radius 2 is 2.13 bits per heavy atom. The Hall–Kier alpha value is -0.240. The summed E-state index contributed by atoms with van der Waals surface area (Å²) in [6, 6.07) is 6.10. The van der Waals surface area contributed by atoms with Gasteiger partial charge in [0.05, 0.1) is 0 Å². The van der Waals surface area contributed by atoms with E-state index in [4.69, 9.17) is 23.2 Å². The van der Waals surface area contributed by atoms with Gasteiger partial charge in [0.1, 0.15) is 0 Å². The number of nitrogens with one attached hydrogen (secondary N) is 1. The number of hydrogen-bond donors (Lipinski definition) is 1. The molecule has 84 valence electrons. The zero-order chi connectivity index (χ0) is 11.3. The van der Waals surface area contributed by atoms with Crippen molar-refractivity contribution in [2.75, 3.05) is 12.4 Å². The molecule has 0 aliphatic carbocycles. The van der Waals surface area contributed by atoms with E-state index in [1.54, 1.807) is 0 Å². The van der Waals surface area contributed by atoms with Crippen molar-refractivity contribution >= 4 is 23.2 Å². The van der Waals surface area contributed by atoms with Crippen LogP contribution in [0.1, 0.15) is 18.1 Å². The quantitative estimate of drug-likeness (QED) is 0.782. The van der Waals surface area contributed by atoms with Gasteiger partial charge in [-0.2, -0.15) is 0 Å². The van der Waals surface area contributed by atoms with E-state index in [1.165, 1.54) is 5.56 Å². The van der Waals surface area contributed by atoms with Crippen LogP contribution < -0.4 is 5.32 Å². The largest absolute Gasteiger partial charge is 0.312 e. The van der Waals surface area contributed by atoms with Crippen LogP contribution in [0.25, 0.3) is 0 Å². The average Bonchev–Trinajstić information content (AvgIpc) is 2.23. The van der Waals surface area contributed by atoms with Crippen molar-refractivity contribution in [3.63, 3.8) is 0 Å². The summed E-state index contributed by atoms with van der Waals surface area (Å²) in [6.07, 6.45) is 0. The normalized spacial score (nSPS) is 12.8. The molecule has 3 heteroatoms. The first-order valence-corrected chi connectivity index (χ1v) is 6.06. The summed E-state index contributed by atoms with van der Waals surface area (Å²) in [6.45, 7) is 5.98. The predicted octanol–water partition coefficient (Wildman–Crippen LogP) is 3.61. The fourth-order valence-corrected chi connectivity index (χ4v) is 1.56. The Kier molecular flexibility index (Phi) is 5.44. The van der Waals surface area contributed by atoms with Crippen molar-refractivity contribution in [3.05, 3.63) is 34.3 Å². The zero-order valence-electron chi connectivity index (χ0n) is 9.19. The Balaban J connectivity index is 2.41. The van der Waals surface area contributed by atoms with Crippen LogP contribution in [0.3, 0.4) is 0 Å². The summed E-state index contributed by atoms with van der Waals surface area (Å²) in [5, 5.41) is 4.20. The van der Waals surface area contributed by atoms with Crippen LogP contribution in [0.5, 0.6) is 0 Å². The van der Waals surface area contributed by atoms with Crippen LogP contribution in [-0.4, -0.2) is 12.4 Å². The molecule has 0 radical (unpaired) electrons. The van der Waals surface area contributed by atoms with Crippen LogP contribution in [0.2, 0.25) is 5.02 Å². The molecule has 1 aromatic carbocycles. The van der Waals surface area contributed by atoms with Crippen molar-refractivity contribution in [3.8, 4) is 0 Å². The lowest BCUT2D eigenvalue weighted by molar-refractivity contribution is 0.557. The summed E-state index contributed by atoms with van der Waals surface area (Å²) in [5.74, 6) is 1.21. The number of hydrogen-bond acceptors (Lipinski definition) is 1. The van der Waals surface area contributed by atoms with Gasteiger partial charge in [-0.05, 0) is 36.6 Å². The van der Waals surface area contributed by atoms with Gasteiger partial charge in [0.15, 0.2) is 0 Å². The van der Waals surface area contributed by atoms with Crippen LogP contribution in [0.15, 0.2) is 18.2 Å². The van der Waals surface area contributed by atoms with Crippen molar-refractivity contribution < 1.29 is 0 Å². The predicted molar refractivity (Wildman–Crippen MR) is 67.8 cm³/mol. The summed E-state index contributed by atoms with van der Waals surface area (Å²) in [5.41, 5.74) is 2.39. The van der Waals surface area contributed by atoms with E-state index in [0.29, 0.717) is 11.8 Å². The minimum Gasteiger partial charge on any atom is -0.312 e. The highest BCUT2D eigenvalue weighted by Gasteiger charge is 2.00. The van der Waals surface area contributed by atoms with Crippen molar-refractivity contribution in [1.82, 2.24) is 5.32 Å². The first kappa shape index (κ1) is 12.8. The SMILES string of the molecule is Cc1cc(CNCC(C)CCl)ccc1Cl. The standard InChI is InChI=1S/C12H17Cl2N/c1-9(6-13)7-15-8-11-3-4-12(14)10(2)5-11/h3-5,9,15H,6-8H2,1-2H3. The third kappa shape index (κ3) is 4.42. The molecule has 0 saturated heterocycles. The second kappa shape index (κ2) is 6.37. The third-order valence-corrected chi connectivity index (χ3v) is 3.26. The Bertz CT molecular complexity index is 312. The molecule has 1 rings (SSSR count). The number of benzene rings is 1. The highest BCUT2D eigenvalue weighted by molar-refractivity contribution is 6.31. The van der Waals surface area contributed by atoms with Gasteiger partial charge in [-0.1, -0.05) is 30.7 Å². The summed E-state index contributed by atoms with van der Waals surface area (Å²) in [4.78, 5) is 0. The Morgan fingerprint density at radius 1 is 1.40 bits per heavy atom. The van der Waals surface area contributed by atoms with E-state index in [9.17, 15) is 0 Å². The van der Waals surface area contributed by atoms with E-state index >= 15 is 0 Å². The molecular weight excluding hydrogens is 229 g/mol. The molecule has 0 saturated carbocycles. The molecule has 0 amide bonds. The lowest BCUT2D eigenvalue weighted by atomic mass is 10.1. The average molecular weight is 246 g/mol. The highest BCUT2D eigenvalue weighted by Crippen LogP contribution is 2.16. The summed E-state index contributed by atoms with van der Waals surface area (Å²) in [7, 11) is 0. The maximum absolute atomic E-state index is 5.95. The van der Waals surface area contributed by atoms with E-state index in [2.05, 4.69) is 18.3 Å². The molecule has 1 atom stereocenters. The Morgan fingerprint density at radius 3 is 2.73 bits per heavy atom. The molecule has 0 fully saturated rings. The van der Waals surface area contributed by atoms with Crippen molar-refractivity contribution in [2.24, 2.45) is 5.92 Å². The van der Waals surface area contributed by atoms with E-state index < -0.39 is 0 Å². The second-order valence-electron chi connectivity index (χ2n) is 3.97. The van der Waals surface area contributed by atoms with Crippen LogP contribution in [0.4, 0.5) is 0 Å². The lowest BCUT2D eigenvalue weighted by Crippen LogP contribution is -2.21. The first-order valence-electron chi connectivity index (χ1n) is 5.15. The van der Waals surface area contributed by atoms with Gasteiger partial charge in [-0.25, -0.2) is 0 Å². The van der Waals surface area contributed by atoms with Crippen LogP contribution >= 0.6 is 23.2 Å². The summed E-state index contributed by atoms with van der Waals surface area (Å²) < 4.78 is 0. The molecule has 0 spiro atoms. The van der Waals surface area contributed by atoms with Crippen LogP contribution in [-0.2, 0) is 6.54 Å². The molecule has 1 nitrogen and oxygen atoms in total. The smallest absolute Gasteiger partial charge is 0.0435 e. The van der Waals surface area contributed by atoms with Gasteiger partial charge in [0.25, 0.3) is 0 Å². The maximum Gasteiger partial charge on any atom is 0.0435 e. The van der Waals surface area contributed by atoms with Crippen LogP contribution in [0, 0.1) is 12.8 Å². The molecule has 1 aromatic rings. The van der Waals surface area contributed by atoms with Gasteiger partial charge in [-0.3, -0.25) is 0 Å². The van der Waals surface area contributed by atoms with E-state index in [0.717, 1.165) is 23.7 Å². The van der Waals surface area contributed by atoms with E-state index in [1.807, 2.05) is 19.1 Å².